The van der Waals surface area contributed by atoms with Gasteiger partial charge in [-0.05, 0) is 60.5 Å². The minimum absolute atomic E-state index is 0.105. The third kappa shape index (κ3) is 5.98. The number of methoxy groups -OCH3 is 1. The number of carbonyl (C=O) groups excluding carboxylic acids is 2. The van der Waals surface area contributed by atoms with Crippen LogP contribution in [0, 0.1) is 0 Å². The standard InChI is InChI=1S/C26H24ClN3O3S/c1-33-22-13-9-20(10-14-22)29-26(28-16-15-18-5-3-2-4-6-18)34-23-17-24(31)30(25(23)32)21-11-7-19(27)8-12-21/h2-14,23H,15-17H2,1H3,(H,28,29). The van der Waals surface area contributed by atoms with Gasteiger partial charge in [-0.3, -0.25) is 14.6 Å². The number of hydrogen-bond acceptors (Lipinski definition) is 5. The smallest absolute Gasteiger partial charge is 0.247 e. The summed E-state index contributed by atoms with van der Waals surface area (Å²) in [4.78, 5) is 31.7. The average Bonchev–Trinajstić information content (AvgIpc) is 3.13. The fourth-order valence-electron chi connectivity index (χ4n) is 3.53. The van der Waals surface area contributed by atoms with Gasteiger partial charge in [-0.15, -0.1) is 0 Å². The number of carbonyl (C=O) groups is 2. The summed E-state index contributed by atoms with van der Waals surface area (Å²) in [5, 5.41) is 3.87. The molecule has 8 heteroatoms. The lowest BCUT2D eigenvalue weighted by atomic mass is 10.2. The molecule has 34 heavy (non-hydrogen) atoms. The van der Waals surface area contributed by atoms with Gasteiger partial charge in [0.2, 0.25) is 11.8 Å². The first-order chi connectivity index (χ1) is 16.5. The van der Waals surface area contributed by atoms with Crippen molar-refractivity contribution in [3.63, 3.8) is 0 Å². The van der Waals surface area contributed by atoms with Crippen molar-refractivity contribution in [2.75, 3.05) is 23.9 Å². The van der Waals surface area contributed by atoms with Crippen molar-refractivity contribution in [3.05, 3.63) is 89.4 Å². The first-order valence-corrected chi connectivity index (χ1v) is 12.1. The summed E-state index contributed by atoms with van der Waals surface area (Å²) in [5.41, 5.74) is 2.52. The summed E-state index contributed by atoms with van der Waals surface area (Å²) >= 11 is 7.23. The maximum atomic E-state index is 13.1. The van der Waals surface area contributed by atoms with E-state index in [9.17, 15) is 9.59 Å². The number of imide groups is 1. The van der Waals surface area contributed by atoms with Gasteiger partial charge in [0.05, 0.1) is 12.8 Å². The largest absolute Gasteiger partial charge is 0.497 e. The maximum Gasteiger partial charge on any atom is 0.247 e. The summed E-state index contributed by atoms with van der Waals surface area (Å²) in [6.07, 6.45) is 0.873. The Hall–Kier alpha value is -3.29. The molecule has 0 radical (unpaired) electrons. The molecule has 1 N–H and O–H groups in total. The molecule has 1 unspecified atom stereocenters. The van der Waals surface area contributed by atoms with Crippen LogP contribution in [0.15, 0.2) is 83.9 Å². The number of benzene rings is 3. The quantitative estimate of drug-likeness (QED) is 0.270. The van der Waals surface area contributed by atoms with Crippen LogP contribution in [0.3, 0.4) is 0 Å². The van der Waals surface area contributed by atoms with E-state index in [2.05, 4.69) is 17.4 Å². The van der Waals surface area contributed by atoms with Crippen LogP contribution >= 0.6 is 23.4 Å². The van der Waals surface area contributed by atoms with Gasteiger partial charge in [-0.2, -0.15) is 0 Å². The number of anilines is 2. The van der Waals surface area contributed by atoms with E-state index in [1.807, 2.05) is 42.5 Å². The van der Waals surface area contributed by atoms with Crippen LogP contribution in [0.1, 0.15) is 12.0 Å². The maximum absolute atomic E-state index is 13.1. The van der Waals surface area contributed by atoms with Crippen molar-refractivity contribution in [3.8, 4) is 5.75 Å². The topological polar surface area (TPSA) is 71.0 Å². The predicted molar refractivity (Wildman–Crippen MR) is 139 cm³/mol. The van der Waals surface area contributed by atoms with E-state index in [-0.39, 0.29) is 18.2 Å². The SMILES string of the molecule is COc1ccc(NC(=NCCc2ccccc2)SC2CC(=O)N(c3ccc(Cl)cc3)C2=O)cc1. The van der Waals surface area contributed by atoms with Gasteiger partial charge >= 0.3 is 0 Å². The highest BCUT2D eigenvalue weighted by Crippen LogP contribution is 2.31. The van der Waals surface area contributed by atoms with Crippen LogP contribution in [0.4, 0.5) is 11.4 Å². The van der Waals surface area contributed by atoms with Gasteiger partial charge in [0, 0.05) is 23.7 Å². The van der Waals surface area contributed by atoms with Crippen LogP contribution in [-0.2, 0) is 16.0 Å². The highest BCUT2D eigenvalue weighted by Gasteiger charge is 2.40. The predicted octanol–water partition coefficient (Wildman–Crippen LogP) is 5.42. The van der Waals surface area contributed by atoms with Gasteiger partial charge in [-0.1, -0.05) is 53.7 Å². The number of amidine groups is 1. The summed E-state index contributed by atoms with van der Waals surface area (Å²) in [6.45, 7) is 0.547. The Bertz CT molecular complexity index is 1170. The van der Waals surface area contributed by atoms with E-state index in [1.54, 1.807) is 31.4 Å². The molecular weight excluding hydrogens is 470 g/mol. The Morgan fingerprint density at radius 1 is 1.06 bits per heavy atom. The van der Waals surface area contributed by atoms with Crippen molar-refractivity contribution in [1.29, 1.82) is 0 Å². The van der Waals surface area contributed by atoms with Gasteiger partial charge in [0.15, 0.2) is 5.17 Å². The molecule has 4 rings (SSSR count). The number of halogens is 1. The molecule has 3 aromatic carbocycles. The van der Waals surface area contributed by atoms with E-state index < -0.39 is 5.25 Å². The Labute approximate surface area is 208 Å². The molecule has 0 aromatic heterocycles. The van der Waals surface area contributed by atoms with Crippen LogP contribution in [0.5, 0.6) is 5.75 Å². The molecule has 1 fully saturated rings. The molecule has 6 nitrogen and oxygen atoms in total. The van der Waals surface area contributed by atoms with Crippen molar-refractivity contribution < 1.29 is 14.3 Å². The van der Waals surface area contributed by atoms with Gasteiger partial charge in [-0.25, -0.2) is 4.90 Å². The number of hydrogen-bond donors (Lipinski definition) is 1. The molecular formula is C26H24ClN3O3S. The molecule has 3 aromatic rings. The van der Waals surface area contributed by atoms with E-state index >= 15 is 0 Å². The van der Waals surface area contributed by atoms with Gasteiger partial charge < -0.3 is 10.1 Å². The van der Waals surface area contributed by atoms with E-state index in [4.69, 9.17) is 21.3 Å². The second kappa shape index (κ2) is 11.2. The van der Waals surface area contributed by atoms with Crippen molar-refractivity contribution >= 4 is 51.7 Å². The number of rotatable bonds is 7. The third-order valence-electron chi connectivity index (χ3n) is 5.28. The Kier molecular flexibility index (Phi) is 7.87. The first-order valence-electron chi connectivity index (χ1n) is 10.8. The van der Waals surface area contributed by atoms with Crippen LogP contribution < -0.4 is 15.0 Å². The minimum atomic E-state index is -0.565. The zero-order valence-corrected chi connectivity index (χ0v) is 20.2. The number of nitrogens with one attached hydrogen (secondary N) is 1. The summed E-state index contributed by atoms with van der Waals surface area (Å²) in [7, 11) is 1.61. The fourth-order valence-corrected chi connectivity index (χ4v) is 4.70. The van der Waals surface area contributed by atoms with Crippen LogP contribution in [0.25, 0.3) is 0 Å². The van der Waals surface area contributed by atoms with E-state index in [0.29, 0.717) is 22.4 Å². The van der Waals surface area contributed by atoms with Crippen LogP contribution in [0.2, 0.25) is 5.02 Å². The molecule has 1 atom stereocenters. The first kappa shape index (κ1) is 23.9. The second-order valence-corrected chi connectivity index (χ2v) is 9.26. The molecule has 0 spiro atoms. The summed E-state index contributed by atoms with van der Waals surface area (Å²) < 4.78 is 5.22. The lowest BCUT2D eigenvalue weighted by molar-refractivity contribution is -0.121. The Morgan fingerprint density at radius 2 is 1.76 bits per heavy atom. The summed E-state index contributed by atoms with van der Waals surface area (Å²) in [6, 6.07) is 24.2. The van der Waals surface area contributed by atoms with Crippen molar-refractivity contribution in [2.24, 2.45) is 4.99 Å². The van der Waals surface area contributed by atoms with E-state index in [0.717, 1.165) is 17.9 Å². The molecule has 174 valence electrons. The zero-order chi connectivity index (χ0) is 23.9. The lowest BCUT2D eigenvalue weighted by Gasteiger charge is -2.16. The number of amides is 2. The Morgan fingerprint density at radius 3 is 2.44 bits per heavy atom. The van der Waals surface area contributed by atoms with Gasteiger partial charge in [0.25, 0.3) is 0 Å². The van der Waals surface area contributed by atoms with Crippen LogP contribution in [-0.4, -0.2) is 35.9 Å². The number of aliphatic imine (C=N–C) groups is 1. The normalized spacial score (nSPS) is 16.1. The molecule has 1 heterocycles. The summed E-state index contributed by atoms with van der Waals surface area (Å²) in [5.74, 6) is 0.249. The monoisotopic (exact) mass is 493 g/mol. The number of thioether (sulfide) groups is 1. The Balaban J connectivity index is 1.50. The fraction of sp³-hybridized carbons (Fsp3) is 0.192. The molecule has 0 bridgehead atoms. The zero-order valence-electron chi connectivity index (χ0n) is 18.6. The highest BCUT2D eigenvalue weighted by molar-refractivity contribution is 8.15. The number of ether oxygens (including phenoxy) is 1. The highest BCUT2D eigenvalue weighted by atomic mass is 35.5. The average molecular weight is 494 g/mol. The third-order valence-corrected chi connectivity index (χ3v) is 6.64. The number of nitrogens with zero attached hydrogens (tertiary/aromatic N) is 2. The molecule has 1 aliphatic heterocycles. The molecule has 1 aliphatic rings. The van der Waals surface area contributed by atoms with Gasteiger partial charge in [0.1, 0.15) is 11.0 Å². The molecule has 2 amide bonds. The lowest BCUT2D eigenvalue weighted by Crippen LogP contribution is -2.31. The second-order valence-electron chi connectivity index (χ2n) is 7.63. The minimum Gasteiger partial charge on any atom is -0.497 e. The van der Waals surface area contributed by atoms with Crippen molar-refractivity contribution in [1.82, 2.24) is 0 Å². The molecule has 1 saturated heterocycles. The molecule has 0 aliphatic carbocycles. The molecule has 0 saturated carbocycles. The van der Waals surface area contributed by atoms with Crippen molar-refractivity contribution in [2.45, 2.75) is 18.1 Å². The van der Waals surface area contributed by atoms with E-state index in [1.165, 1.54) is 22.2 Å².